The van der Waals surface area contributed by atoms with Gasteiger partial charge in [0, 0.05) is 88.3 Å². The smallest absolute Gasteiger partial charge is 0.410 e. The molecule has 6 aliphatic rings. The molecule has 71 heavy (non-hydrogen) atoms. The lowest BCUT2D eigenvalue weighted by Crippen LogP contribution is -2.59. The van der Waals surface area contributed by atoms with Gasteiger partial charge in [0.05, 0.1) is 17.0 Å². The summed E-state index contributed by atoms with van der Waals surface area (Å²) in [6.45, 7) is 8.11. The van der Waals surface area contributed by atoms with Gasteiger partial charge in [0.2, 0.25) is 11.8 Å². The molecule has 1 aromatic carbocycles. The summed E-state index contributed by atoms with van der Waals surface area (Å²) in [5.74, 6) is -0.358. The summed E-state index contributed by atoms with van der Waals surface area (Å²) in [6, 6.07) is 1.89. The fraction of sp³-hybridized carbons (Fsp3) is 0.551. The van der Waals surface area contributed by atoms with Gasteiger partial charge in [0.15, 0.2) is 35.5 Å². The molecule has 0 bridgehead atoms. The van der Waals surface area contributed by atoms with Crippen LogP contribution in [0.4, 0.5) is 30.8 Å². The summed E-state index contributed by atoms with van der Waals surface area (Å²) in [5.41, 5.74) is 9.63. The van der Waals surface area contributed by atoms with E-state index in [1.54, 1.807) is 14.7 Å². The summed E-state index contributed by atoms with van der Waals surface area (Å²) in [4.78, 5) is 76.1. The van der Waals surface area contributed by atoms with Crippen molar-refractivity contribution in [1.29, 1.82) is 0 Å². The number of nitrogens with two attached hydrogens (primary N) is 1. The predicted octanol–water partition coefficient (Wildman–Crippen LogP) is 5.38. The van der Waals surface area contributed by atoms with Gasteiger partial charge in [-0.3, -0.25) is 24.6 Å². The molecule has 5 aromatic rings. The number of fused-ring (bicyclic) bond motifs is 1. The van der Waals surface area contributed by atoms with Crippen molar-refractivity contribution in [3.63, 3.8) is 0 Å². The predicted molar refractivity (Wildman–Crippen MR) is 255 cm³/mol. The fourth-order valence-electron chi connectivity index (χ4n) is 11.0. The van der Waals surface area contributed by atoms with Crippen LogP contribution in [0.5, 0.6) is 0 Å². The number of aromatic nitrogens is 7. The molecule has 0 radical (unpaired) electrons. The average molecular weight is 977 g/mol. The Morgan fingerprint density at radius 2 is 1.54 bits per heavy atom. The molecular formula is C49H58F2N14O6. The molecule has 11 rings (SSSR count). The number of nitrogens with zero attached hydrogens (tertiary/aromatic N) is 11. The number of amides is 4. The molecule has 4 aromatic heterocycles. The second kappa shape index (κ2) is 18.7. The standard InChI is InChI=1S/C49H58F2N14O6/c1-49(2,64-19-17-62(18-20-64)42-33(50)21-31(22-34(42)51)57-35-7-8-36(66)58-47(35)68)30-11-15-61(16-12-30)37(67)25-70-48(69)63-13-9-27(10-14-63)29-23-53-45(54-24-29)38-41(60-71-43(38)28-3-4-28)40-39-44(52)55-26-56-46(39)65(59-40)32-5-6-32/h21-24,26-28,30,32,35,57H,3-20,25H2,1-2H3,(H2,52,55,56)(H,58,66,68). The molecule has 4 saturated heterocycles. The van der Waals surface area contributed by atoms with Gasteiger partial charge < -0.3 is 35.0 Å². The minimum absolute atomic E-state index is 0.0992. The number of carbonyl (C=O) groups is 4. The van der Waals surface area contributed by atoms with E-state index in [1.165, 1.54) is 18.5 Å². The Morgan fingerprint density at radius 3 is 2.20 bits per heavy atom. The maximum Gasteiger partial charge on any atom is 0.410 e. The van der Waals surface area contributed by atoms with Gasteiger partial charge in [-0.15, -0.1) is 0 Å². The quantitative estimate of drug-likeness (QED) is 0.133. The highest BCUT2D eigenvalue weighted by atomic mass is 19.1. The average Bonchev–Trinajstić information content (AvgIpc) is 4.32. The molecule has 2 saturated carbocycles. The lowest BCUT2D eigenvalue weighted by atomic mass is 9.78. The van der Waals surface area contributed by atoms with Crippen LogP contribution in [-0.2, 0) is 19.1 Å². The van der Waals surface area contributed by atoms with Crippen molar-refractivity contribution in [2.24, 2.45) is 5.92 Å². The van der Waals surface area contributed by atoms with Gasteiger partial charge in [0.25, 0.3) is 5.91 Å². The lowest BCUT2D eigenvalue weighted by Gasteiger charge is -2.50. The first-order valence-electron chi connectivity index (χ1n) is 24.9. The van der Waals surface area contributed by atoms with E-state index in [4.69, 9.17) is 30.1 Å². The van der Waals surface area contributed by atoms with E-state index in [9.17, 15) is 19.2 Å². The number of nitrogens with one attached hydrogen (secondary N) is 2. The first kappa shape index (κ1) is 46.5. The Morgan fingerprint density at radius 1 is 0.845 bits per heavy atom. The summed E-state index contributed by atoms with van der Waals surface area (Å²) < 4.78 is 44.2. The van der Waals surface area contributed by atoms with Gasteiger partial charge in [-0.05, 0) is 101 Å². The third-order valence-corrected chi connectivity index (χ3v) is 15.6. The van der Waals surface area contributed by atoms with Crippen LogP contribution >= 0.6 is 0 Å². The number of hydrogen-bond donors (Lipinski definition) is 3. The van der Waals surface area contributed by atoms with Crippen LogP contribution in [0, 0.1) is 17.6 Å². The minimum Gasteiger partial charge on any atom is -0.439 e. The third-order valence-electron chi connectivity index (χ3n) is 15.6. The molecule has 374 valence electrons. The number of hydrogen-bond acceptors (Lipinski definition) is 16. The molecule has 1 atom stereocenters. The number of piperazine rings is 1. The number of imide groups is 1. The molecule has 4 N–H and O–H groups in total. The largest absolute Gasteiger partial charge is 0.439 e. The topological polar surface area (TPSA) is 236 Å². The fourth-order valence-corrected chi connectivity index (χ4v) is 11.0. The molecule has 1 unspecified atom stereocenters. The van der Waals surface area contributed by atoms with Gasteiger partial charge in [0.1, 0.15) is 35.3 Å². The zero-order valence-corrected chi connectivity index (χ0v) is 39.9. The van der Waals surface area contributed by atoms with Crippen LogP contribution in [0.1, 0.15) is 107 Å². The van der Waals surface area contributed by atoms with Gasteiger partial charge in [-0.25, -0.2) is 38.2 Å². The number of benzene rings is 1. The van der Waals surface area contributed by atoms with Crippen LogP contribution in [0.2, 0.25) is 0 Å². The molecule has 22 heteroatoms. The van der Waals surface area contributed by atoms with Crippen molar-refractivity contribution in [2.75, 3.05) is 74.9 Å². The zero-order chi connectivity index (χ0) is 49.1. The van der Waals surface area contributed by atoms with Crippen molar-refractivity contribution < 1.29 is 37.2 Å². The number of rotatable bonds is 12. The second-order valence-corrected chi connectivity index (χ2v) is 20.4. The molecule has 2 aliphatic carbocycles. The molecule has 0 spiro atoms. The summed E-state index contributed by atoms with van der Waals surface area (Å²) >= 11 is 0. The third kappa shape index (κ3) is 9.21. The Kier molecular flexibility index (Phi) is 12.3. The van der Waals surface area contributed by atoms with Crippen LogP contribution in [0.25, 0.3) is 33.8 Å². The minimum atomic E-state index is -0.751. The van der Waals surface area contributed by atoms with Gasteiger partial charge in [-0.2, -0.15) is 5.10 Å². The number of likely N-dealkylation sites (tertiary alicyclic amines) is 2. The monoisotopic (exact) mass is 976 g/mol. The van der Waals surface area contributed by atoms with Crippen molar-refractivity contribution in [2.45, 2.75) is 108 Å². The molecular weight excluding hydrogens is 919 g/mol. The van der Waals surface area contributed by atoms with Crippen LogP contribution in [0.3, 0.4) is 0 Å². The molecule has 20 nitrogen and oxygen atoms in total. The van der Waals surface area contributed by atoms with E-state index in [0.29, 0.717) is 105 Å². The molecule has 4 amide bonds. The van der Waals surface area contributed by atoms with E-state index in [0.717, 1.165) is 49.8 Å². The molecule has 6 fully saturated rings. The highest BCUT2D eigenvalue weighted by Gasteiger charge is 2.41. The van der Waals surface area contributed by atoms with Crippen LogP contribution in [0.15, 0.2) is 35.4 Å². The zero-order valence-electron chi connectivity index (χ0n) is 39.9. The van der Waals surface area contributed by atoms with Crippen molar-refractivity contribution in [3.05, 3.63) is 53.8 Å². The Labute approximate surface area is 408 Å². The van der Waals surface area contributed by atoms with E-state index in [-0.39, 0.29) is 72.0 Å². The first-order chi connectivity index (χ1) is 34.3. The lowest BCUT2D eigenvalue weighted by molar-refractivity contribution is -0.137. The summed E-state index contributed by atoms with van der Waals surface area (Å²) in [7, 11) is 0. The summed E-state index contributed by atoms with van der Waals surface area (Å²) in [6.07, 6.45) is 12.0. The second-order valence-electron chi connectivity index (χ2n) is 20.4. The van der Waals surface area contributed by atoms with E-state index in [1.807, 2.05) is 17.1 Å². The van der Waals surface area contributed by atoms with Crippen molar-refractivity contribution in [3.8, 4) is 22.8 Å². The highest BCUT2D eigenvalue weighted by Crippen LogP contribution is 2.49. The van der Waals surface area contributed by atoms with Crippen LogP contribution < -0.4 is 21.3 Å². The number of ether oxygens (including phenoxy) is 1. The number of halogens is 2. The molecule has 8 heterocycles. The highest BCUT2D eigenvalue weighted by molar-refractivity contribution is 6.02. The van der Waals surface area contributed by atoms with E-state index in [2.05, 4.69) is 44.5 Å². The Hall–Kier alpha value is -6.84. The first-order valence-corrected chi connectivity index (χ1v) is 24.9. The van der Waals surface area contributed by atoms with Crippen LogP contribution in [-0.4, -0.2) is 144 Å². The number of anilines is 3. The number of piperidine rings is 3. The van der Waals surface area contributed by atoms with Crippen molar-refractivity contribution >= 4 is 52.0 Å². The number of nitrogen functional groups attached to an aromatic ring is 1. The van der Waals surface area contributed by atoms with Gasteiger partial charge in [-0.1, -0.05) is 5.16 Å². The van der Waals surface area contributed by atoms with E-state index >= 15 is 8.78 Å². The summed E-state index contributed by atoms with van der Waals surface area (Å²) in [5, 5.41) is 15.2. The molecule has 4 aliphatic heterocycles. The maximum atomic E-state index is 15.4. The maximum absolute atomic E-state index is 15.4. The van der Waals surface area contributed by atoms with E-state index < -0.39 is 29.7 Å². The normalized spacial score (nSPS) is 21.0. The Balaban J connectivity index is 0.636. The SMILES string of the molecule is CC(C)(C1CCN(C(=O)COC(=O)N2CCC(c3cnc(-c4c(-c5nn(C6CC6)c6ncnc(N)c56)noc4C4CC4)nc3)CC2)CC1)N1CCN(c2c(F)cc(NC3CCC(=O)NC3=O)cc2F)CC1. The Bertz CT molecular complexity index is 2840. The van der Waals surface area contributed by atoms with Gasteiger partial charge >= 0.3 is 6.09 Å². The van der Waals surface area contributed by atoms with Crippen molar-refractivity contribution in [1.82, 2.24) is 54.9 Å². The number of carbonyl (C=O) groups excluding carboxylic acids is 4.